The van der Waals surface area contributed by atoms with Crippen LogP contribution in [0.4, 0.5) is 10.2 Å². The van der Waals surface area contributed by atoms with Crippen molar-refractivity contribution in [2.75, 3.05) is 38.2 Å². The molecule has 7 rings (SSSR count). The predicted octanol–water partition coefficient (Wildman–Crippen LogP) is 4.98. The summed E-state index contributed by atoms with van der Waals surface area (Å²) in [6.45, 7) is 3.24. The van der Waals surface area contributed by atoms with Gasteiger partial charge < -0.3 is 24.8 Å². The van der Waals surface area contributed by atoms with Gasteiger partial charge in [0.2, 0.25) is 0 Å². The van der Waals surface area contributed by atoms with E-state index in [1.807, 2.05) is 36.5 Å². The zero-order valence-electron chi connectivity index (χ0n) is 20.8. The van der Waals surface area contributed by atoms with Crippen molar-refractivity contribution in [3.8, 4) is 17.1 Å². The van der Waals surface area contributed by atoms with Crippen molar-refractivity contribution in [3.05, 3.63) is 47.4 Å². The van der Waals surface area contributed by atoms with E-state index in [-0.39, 0.29) is 17.3 Å². The number of likely N-dealkylation sites (N-methyl/N-ethyl adjacent to an activating group) is 1. The average molecular weight is 521 g/mol. The normalized spacial score (nSPS) is 24.0. The Bertz CT molecular complexity index is 1480. The number of H-pyrrole nitrogens is 1. The number of ether oxygens (including phenoxy) is 1. The highest BCUT2D eigenvalue weighted by Gasteiger charge is 2.34. The van der Waals surface area contributed by atoms with Gasteiger partial charge in [0.1, 0.15) is 17.9 Å². The molecule has 0 unspecified atom stereocenters. The van der Waals surface area contributed by atoms with E-state index in [2.05, 4.69) is 32.1 Å². The van der Waals surface area contributed by atoms with Gasteiger partial charge in [0.15, 0.2) is 5.82 Å². The van der Waals surface area contributed by atoms with E-state index in [0.717, 1.165) is 67.6 Å². The second-order valence-corrected chi connectivity index (χ2v) is 11.1. The molecule has 9 heteroatoms. The summed E-state index contributed by atoms with van der Waals surface area (Å²) in [5.41, 5.74) is 2.32. The van der Waals surface area contributed by atoms with Crippen LogP contribution < -0.4 is 15.0 Å². The molecule has 7 nitrogen and oxygen atoms in total. The van der Waals surface area contributed by atoms with Crippen LogP contribution in [0.3, 0.4) is 0 Å². The van der Waals surface area contributed by atoms with Crippen molar-refractivity contribution >= 4 is 39.2 Å². The highest BCUT2D eigenvalue weighted by molar-refractivity contribution is 6.36. The first kappa shape index (κ1) is 23.2. The van der Waals surface area contributed by atoms with Gasteiger partial charge in [0.25, 0.3) is 0 Å². The third-order valence-corrected chi connectivity index (χ3v) is 8.62. The summed E-state index contributed by atoms with van der Waals surface area (Å²) in [5.74, 6) is 0.364. The lowest BCUT2D eigenvalue weighted by Gasteiger charge is -2.34. The third-order valence-electron chi connectivity index (χ3n) is 8.30. The molecule has 2 bridgehead atoms. The predicted molar refractivity (Wildman–Crippen MR) is 145 cm³/mol. The minimum Gasteiger partial charge on any atom is -0.462 e. The molecule has 2 aromatic heterocycles. The lowest BCUT2D eigenvalue weighted by Crippen LogP contribution is -2.51. The highest BCUT2D eigenvalue weighted by atomic mass is 35.5. The number of likely N-dealkylation sites (tertiary alicyclic amines) is 1. The molecular formula is C28H30ClFN6O. The van der Waals surface area contributed by atoms with Crippen LogP contribution in [0.15, 0.2) is 36.5 Å². The van der Waals surface area contributed by atoms with Crippen LogP contribution in [0.1, 0.15) is 25.7 Å². The molecule has 37 heavy (non-hydrogen) atoms. The van der Waals surface area contributed by atoms with Crippen molar-refractivity contribution in [2.24, 2.45) is 0 Å². The van der Waals surface area contributed by atoms with Gasteiger partial charge in [-0.05, 0) is 57.5 Å². The molecule has 4 aromatic rings. The second kappa shape index (κ2) is 9.11. The van der Waals surface area contributed by atoms with Gasteiger partial charge in [-0.2, -0.15) is 9.97 Å². The van der Waals surface area contributed by atoms with Crippen LogP contribution in [0.2, 0.25) is 5.02 Å². The van der Waals surface area contributed by atoms with Gasteiger partial charge in [-0.3, -0.25) is 0 Å². The Morgan fingerprint density at radius 1 is 1.08 bits per heavy atom. The van der Waals surface area contributed by atoms with Gasteiger partial charge in [0.05, 0.1) is 5.02 Å². The Morgan fingerprint density at radius 2 is 1.92 bits per heavy atom. The standard InChI is InChI=1S/C28H30ClFN6O/c1-35-11-3-4-18(35)15-37-28-33-26-20(27(34-28)36-13-16-7-8-17(14-36)32-16)10-9-19(25(26)30)21-12-31-23-6-2-5-22(29)24(21)23/h2,5-6,9-10,12,16-18,31-32H,3-4,7-8,11,13-15H2,1H3/t16-,17+,18-/m0/s1. The Kier molecular flexibility index (Phi) is 5.71. The van der Waals surface area contributed by atoms with Crippen LogP contribution in [-0.4, -0.2) is 71.3 Å². The van der Waals surface area contributed by atoms with Crippen LogP contribution in [0, 0.1) is 5.82 Å². The maximum Gasteiger partial charge on any atom is 0.319 e. The lowest BCUT2D eigenvalue weighted by molar-refractivity contribution is 0.188. The summed E-state index contributed by atoms with van der Waals surface area (Å²) in [6, 6.07) is 10.8. The molecule has 3 aliphatic heterocycles. The Balaban J connectivity index is 1.34. The largest absolute Gasteiger partial charge is 0.462 e. The molecule has 0 radical (unpaired) electrons. The van der Waals surface area contributed by atoms with E-state index < -0.39 is 0 Å². The molecule has 3 fully saturated rings. The monoisotopic (exact) mass is 520 g/mol. The van der Waals surface area contributed by atoms with E-state index >= 15 is 4.39 Å². The molecule has 5 heterocycles. The quantitative estimate of drug-likeness (QED) is 0.386. The fraction of sp³-hybridized carbons (Fsp3) is 0.429. The van der Waals surface area contributed by atoms with Crippen LogP contribution in [-0.2, 0) is 0 Å². The van der Waals surface area contributed by atoms with E-state index in [1.165, 1.54) is 0 Å². The Hall–Kier alpha value is -2.94. The first-order valence-corrected chi connectivity index (χ1v) is 13.5. The van der Waals surface area contributed by atoms with Gasteiger partial charge in [-0.15, -0.1) is 0 Å². The number of halogens is 2. The number of piperazine rings is 1. The zero-order chi connectivity index (χ0) is 25.1. The van der Waals surface area contributed by atoms with E-state index in [9.17, 15) is 0 Å². The zero-order valence-corrected chi connectivity index (χ0v) is 21.6. The minimum absolute atomic E-state index is 0.238. The van der Waals surface area contributed by atoms with Gasteiger partial charge in [-0.25, -0.2) is 4.39 Å². The molecule has 192 valence electrons. The highest BCUT2D eigenvalue weighted by Crippen LogP contribution is 2.39. The van der Waals surface area contributed by atoms with Crippen molar-refractivity contribution in [1.82, 2.24) is 25.2 Å². The van der Waals surface area contributed by atoms with Crippen LogP contribution in [0.25, 0.3) is 32.9 Å². The second-order valence-electron chi connectivity index (χ2n) is 10.6. The smallest absolute Gasteiger partial charge is 0.319 e. The van der Waals surface area contributed by atoms with Crippen LogP contribution in [0.5, 0.6) is 6.01 Å². The summed E-state index contributed by atoms with van der Waals surface area (Å²) in [5, 5.41) is 5.76. The number of hydrogen-bond acceptors (Lipinski definition) is 6. The lowest BCUT2D eigenvalue weighted by atomic mass is 10.0. The maximum atomic E-state index is 16.3. The van der Waals surface area contributed by atoms with Crippen molar-refractivity contribution in [2.45, 2.75) is 43.8 Å². The number of nitrogens with zero attached hydrogens (tertiary/aromatic N) is 4. The molecule has 3 aliphatic rings. The molecular weight excluding hydrogens is 491 g/mol. The number of benzene rings is 2. The topological polar surface area (TPSA) is 69.3 Å². The molecule has 3 saturated heterocycles. The summed E-state index contributed by atoms with van der Waals surface area (Å²) in [6.07, 6.45) is 6.36. The number of aromatic nitrogens is 3. The first-order chi connectivity index (χ1) is 18.0. The summed E-state index contributed by atoms with van der Waals surface area (Å²) >= 11 is 6.52. The average Bonchev–Trinajstić information content (AvgIpc) is 3.61. The SMILES string of the molecule is CN1CCC[C@H]1COc1nc(N2C[C@H]3CC[C@@H](C2)N3)c2ccc(-c3c[nH]c4cccc(Cl)c34)c(F)c2n1. The molecule has 0 aliphatic carbocycles. The number of nitrogens with one attached hydrogen (secondary N) is 2. The number of aromatic amines is 1. The minimum atomic E-state index is -0.386. The summed E-state index contributed by atoms with van der Waals surface area (Å²) in [4.78, 5) is 17.3. The maximum absolute atomic E-state index is 16.3. The first-order valence-electron chi connectivity index (χ1n) is 13.2. The Morgan fingerprint density at radius 3 is 2.70 bits per heavy atom. The van der Waals surface area contributed by atoms with Crippen molar-refractivity contribution in [1.29, 1.82) is 0 Å². The van der Waals surface area contributed by atoms with Crippen LogP contribution >= 0.6 is 11.6 Å². The third kappa shape index (κ3) is 4.02. The van der Waals surface area contributed by atoms with Gasteiger partial charge >= 0.3 is 6.01 Å². The number of rotatable bonds is 5. The van der Waals surface area contributed by atoms with E-state index in [0.29, 0.717) is 40.7 Å². The fourth-order valence-electron chi connectivity index (χ4n) is 6.32. The number of anilines is 1. The molecule has 3 atom stereocenters. The fourth-order valence-corrected chi connectivity index (χ4v) is 6.60. The molecule has 0 amide bonds. The Labute approximate surface area is 220 Å². The summed E-state index contributed by atoms with van der Waals surface area (Å²) in [7, 11) is 2.11. The van der Waals surface area contributed by atoms with E-state index in [1.54, 1.807) is 0 Å². The number of hydrogen-bond donors (Lipinski definition) is 2. The van der Waals surface area contributed by atoms with Crippen molar-refractivity contribution < 1.29 is 9.13 Å². The summed E-state index contributed by atoms with van der Waals surface area (Å²) < 4.78 is 22.5. The van der Waals surface area contributed by atoms with Gasteiger partial charge in [0, 0.05) is 64.8 Å². The number of fused-ring (bicyclic) bond motifs is 4. The van der Waals surface area contributed by atoms with Crippen molar-refractivity contribution in [3.63, 3.8) is 0 Å². The molecule has 2 N–H and O–H groups in total. The molecule has 0 spiro atoms. The van der Waals surface area contributed by atoms with E-state index in [4.69, 9.17) is 21.3 Å². The molecule has 0 saturated carbocycles. The molecule has 2 aromatic carbocycles. The van der Waals surface area contributed by atoms with Gasteiger partial charge in [-0.1, -0.05) is 23.7 Å².